The van der Waals surface area contributed by atoms with Gasteiger partial charge in [-0.1, -0.05) is 26.7 Å². The predicted molar refractivity (Wildman–Crippen MR) is 76.8 cm³/mol. The number of anilines is 1. The second-order valence-electron chi connectivity index (χ2n) is 6.02. The average molecular weight is 279 g/mol. The highest BCUT2D eigenvalue weighted by atomic mass is 16.5. The van der Waals surface area contributed by atoms with Crippen molar-refractivity contribution < 1.29 is 9.26 Å². The van der Waals surface area contributed by atoms with E-state index < -0.39 is 0 Å². The first-order valence-electron chi connectivity index (χ1n) is 8.03. The van der Waals surface area contributed by atoms with Gasteiger partial charge in [0.2, 0.25) is 5.89 Å². The van der Waals surface area contributed by atoms with Crippen molar-refractivity contribution in [1.29, 1.82) is 0 Å². The maximum absolute atomic E-state index is 6.27. The SMILES string of the molecule is CCCC[C@@H]1CN(c2noc(CC)n2)C[C@H](C2CC2)O1. The highest BCUT2D eigenvalue weighted by Crippen LogP contribution is 2.37. The summed E-state index contributed by atoms with van der Waals surface area (Å²) in [5, 5.41) is 4.12. The van der Waals surface area contributed by atoms with E-state index in [0.717, 1.165) is 43.7 Å². The zero-order valence-electron chi connectivity index (χ0n) is 12.5. The largest absolute Gasteiger partial charge is 0.371 e. The van der Waals surface area contributed by atoms with Crippen molar-refractivity contribution in [3.63, 3.8) is 0 Å². The second-order valence-corrected chi connectivity index (χ2v) is 6.02. The molecule has 20 heavy (non-hydrogen) atoms. The van der Waals surface area contributed by atoms with Crippen LogP contribution in [0, 0.1) is 5.92 Å². The highest BCUT2D eigenvalue weighted by molar-refractivity contribution is 5.29. The van der Waals surface area contributed by atoms with Crippen molar-refractivity contribution in [3.05, 3.63) is 5.89 Å². The molecule has 2 aliphatic rings. The minimum Gasteiger partial charge on any atom is -0.371 e. The Kier molecular flexibility index (Phi) is 4.24. The summed E-state index contributed by atoms with van der Waals surface area (Å²) in [7, 11) is 0. The van der Waals surface area contributed by atoms with Crippen molar-refractivity contribution >= 4 is 5.95 Å². The smallest absolute Gasteiger partial charge is 0.266 e. The number of nitrogens with zero attached hydrogens (tertiary/aromatic N) is 3. The summed E-state index contributed by atoms with van der Waals surface area (Å²) in [4.78, 5) is 6.73. The van der Waals surface area contributed by atoms with Crippen LogP contribution in [0.4, 0.5) is 5.95 Å². The zero-order valence-corrected chi connectivity index (χ0v) is 12.5. The maximum atomic E-state index is 6.27. The molecule has 112 valence electrons. The molecule has 5 heteroatoms. The molecular formula is C15H25N3O2. The van der Waals surface area contributed by atoms with Gasteiger partial charge in [-0.05, 0) is 30.3 Å². The minimum atomic E-state index is 0.317. The topological polar surface area (TPSA) is 51.4 Å². The molecule has 1 saturated heterocycles. The van der Waals surface area contributed by atoms with E-state index in [-0.39, 0.29) is 0 Å². The zero-order chi connectivity index (χ0) is 13.9. The highest BCUT2D eigenvalue weighted by Gasteiger charge is 2.39. The Hall–Kier alpha value is -1.10. The van der Waals surface area contributed by atoms with Crippen molar-refractivity contribution in [2.24, 2.45) is 5.92 Å². The van der Waals surface area contributed by atoms with Crippen molar-refractivity contribution in [1.82, 2.24) is 10.1 Å². The fourth-order valence-corrected chi connectivity index (χ4v) is 2.87. The third kappa shape index (κ3) is 3.14. The summed E-state index contributed by atoms with van der Waals surface area (Å²) >= 11 is 0. The molecule has 2 atom stereocenters. The molecule has 5 nitrogen and oxygen atoms in total. The maximum Gasteiger partial charge on any atom is 0.266 e. The van der Waals surface area contributed by atoms with E-state index in [1.165, 1.54) is 25.7 Å². The second kappa shape index (κ2) is 6.12. The lowest BCUT2D eigenvalue weighted by Crippen LogP contribution is -2.49. The lowest BCUT2D eigenvalue weighted by molar-refractivity contribution is -0.0414. The van der Waals surface area contributed by atoms with Gasteiger partial charge in [0.1, 0.15) is 0 Å². The normalized spacial score (nSPS) is 27.0. The quantitative estimate of drug-likeness (QED) is 0.801. The average Bonchev–Trinajstić information content (AvgIpc) is 3.22. The first-order valence-corrected chi connectivity index (χ1v) is 8.03. The van der Waals surface area contributed by atoms with Gasteiger partial charge >= 0.3 is 0 Å². The van der Waals surface area contributed by atoms with E-state index in [9.17, 15) is 0 Å². The predicted octanol–water partition coefficient (Wildman–Crippen LogP) is 2.81. The van der Waals surface area contributed by atoms with Crippen LogP contribution in [0.3, 0.4) is 0 Å². The van der Waals surface area contributed by atoms with Gasteiger partial charge in [0.05, 0.1) is 12.2 Å². The van der Waals surface area contributed by atoms with Gasteiger partial charge in [-0.25, -0.2) is 0 Å². The van der Waals surface area contributed by atoms with Crippen LogP contribution in [-0.4, -0.2) is 35.4 Å². The van der Waals surface area contributed by atoms with Crippen LogP contribution >= 0.6 is 0 Å². The molecule has 1 aliphatic carbocycles. The molecule has 0 unspecified atom stereocenters. The third-order valence-corrected chi connectivity index (χ3v) is 4.26. The molecule has 0 aromatic carbocycles. The summed E-state index contributed by atoms with van der Waals surface area (Å²) in [5.41, 5.74) is 0. The number of aromatic nitrogens is 2. The molecule has 1 aromatic heterocycles. The Morgan fingerprint density at radius 3 is 2.75 bits per heavy atom. The van der Waals surface area contributed by atoms with Crippen molar-refractivity contribution in [2.45, 2.75) is 64.6 Å². The number of hydrogen-bond donors (Lipinski definition) is 0. The summed E-state index contributed by atoms with van der Waals surface area (Å²) < 4.78 is 11.5. The van der Waals surface area contributed by atoms with Gasteiger partial charge in [0, 0.05) is 19.5 Å². The van der Waals surface area contributed by atoms with E-state index in [4.69, 9.17) is 9.26 Å². The summed E-state index contributed by atoms with van der Waals surface area (Å²) in [6, 6.07) is 0. The molecule has 1 aromatic rings. The molecule has 3 rings (SSSR count). The number of aryl methyl sites for hydroxylation is 1. The van der Waals surface area contributed by atoms with E-state index in [2.05, 4.69) is 22.0 Å². The standard InChI is InChI=1S/C15H25N3O2/c1-3-5-6-12-9-18(10-13(19-12)11-7-8-11)15-16-14(4-2)20-17-15/h11-13H,3-10H2,1-2H3/t12-,13-/m1/s1. The molecule has 0 radical (unpaired) electrons. The van der Waals surface area contributed by atoms with Gasteiger partial charge in [0.25, 0.3) is 5.95 Å². The molecule has 2 heterocycles. The Balaban J connectivity index is 1.68. The minimum absolute atomic E-state index is 0.317. The first-order chi connectivity index (χ1) is 9.80. The van der Waals surface area contributed by atoms with Gasteiger partial charge in [-0.15, -0.1) is 0 Å². The van der Waals surface area contributed by atoms with Crippen molar-refractivity contribution in [3.8, 4) is 0 Å². The molecule has 0 amide bonds. The molecule has 2 fully saturated rings. The van der Waals surface area contributed by atoms with Crippen LogP contribution in [0.25, 0.3) is 0 Å². The molecule has 0 bridgehead atoms. The molecule has 1 aliphatic heterocycles. The van der Waals surface area contributed by atoms with Crippen LogP contribution in [0.15, 0.2) is 4.52 Å². The van der Waals surface area contributed by atoms with Crippen LogP contribution in [-0.2, 0) is 11.2 Å². The van der Waals surface area contributed by atoms with E-state index >= 15 is 0 Å². The van der Waals surface area contributed by atoms with Gasteiger partial charge in [-0.3, -0.25) is 0 Å². The number of hydrogen-bond acceptors (Lipinski definition) is 5. The Bertz CT molecular complexity index is 431. The molecular weight excluding hydrogens is 254 g/mol. The Morgan fingerprint density at radius 1 is 1.25 bits per heavy atom. The number of morpholine rings is 1. The van der Waals surface area contributed by atoms with E-state index in [1.807, 2.05) is 6.92 Å². The lowest BCUT2D eigenvalue weighted by Gasteiger charge is -2.37. The summed E-state index contributed by atoms with van der Waals surface area (Å²) in [6.07, 6.45) is 7.67. The van der Waals surface area contributed by atoms with Gasteiger partial charge in [-0.2, -0.15) is 4.98 Å². The molecule has 0 N–H and O–H groups in total. The van der Waals surface area contributed by atoms with Gasteiger partial charge < -0.3 is 14.2 Å². The fraction of sp³-hybridized carbons (Fsp3) is 0.867. The van der Waals surface area contributed by atoms with Crippen LogP contribution in [0.2, 0.25) is 0 Å². The van der Waals surface area contributed by atoms with E-state index in [1.54, 1.807) is 0 Å². The first kappa shape index (κ1) is 13.9. The fourth-order valence-electron chi connectivity index (χ4n) is 2.87. The van der Waals surface area contributed by atoms with Crippen LogP contribution in [0.5, 0.6) is 0 Å². The molecule has 0 spiro atoms. The molecule has 1 saturated carbocycles. The number of ether oxygens (including phenoxy) is 1. The number of rotatable bonds is 6. The Morgan fingerprint density at radius 2 is 2.10 bits per heavy atom. The Labute approximate surface area is 120 Å². The monoisotopic (exact) mass is 279 g/mol. The third-order valence-electron chi connectivity index (χ3n) is 4.26. The summed E-state index contributed by atoms with van der Waals surface area (Å²) in [6.45, 7) is 6.07. The van der Waals surface area contributed by atoms with Crippen LogP contribution in [0.1, 0.15) is 51.8 Å². The van der Waals surface area contributed by atoms with E-state index in [0.29, 0.717) is 12.2 Å². The van der Waals surface area contributed by atoms with Crippen molar-refractivity contribution in [2.75, 3.05) is 18.0 Å². The van der Waals surface area contributed by atoms with Crippen LogP contribution < -0.4 is 4.90 Å². The number of unbranched alkanes of at least 4 members (excludes halogenated alkanes) is 1. The lowest BCUT2D eigenvalue weighted by atomic mass is 10.1. The van der Waals surface area contributed by atoms with Gasteiger partial charge in [0.15, 0.2) is 0 Å². The summed E-state index contributed by atoms with van der Waals surface area (Å²) in [5.74, 6) is 2.22.